The molecular weight excluding hydrogens is 364 g/mol. The SMILES string of the molecule is O=C(c1cccs1)N1CCC[C@H](C(=O)N2CCCSc3ccccc32)C1. The van der Waals surface area contributed by atoms with Gasteiger partial charge in [-0.25, -0.2) is 0 Å². The van der Waals surface area contributed by atoms with Crippen molar-refractivity contribution in [3.05, 3.63) is 46.7 Å². The van der Waals surface area contributed by atoms with Crippen molar-refractivity contribution >= 4 is 40.6 Å². The van der Waals surface area contributed by atoms with E-state index in [9.17, 15) is 9.59 Å². The van der Waals surface area contributed by atoms with E-state index in [1.54, 1.807) is 0 Å². The number of anilines is 1. The highest BCUT2D eigenvalue weighted by molar-refractivity contribution is 7.99. The van der Waals surface area contributed by atoms with Crippen LogP contribution in [0.4, 0.5) is 5.69 Å². The Kier molecular flexibility index (Phi) is 5.31. The summed E-state index contributed by atoms with van der Waals surface area (Å²) in [6.07, 6.45) is 2.74. The molecule has 2 aliphatic rings. The molecule has 2 amide bonds. The first-order valence-corrected chi connectivity index (χ1v) is 11.0. The van der Waals surface area contributed by atoms with Crippen molar-refractivity contribution in [2.24, 2.45) is 5.92 Å². The fraction of sp³-hybridized carbons (Fsp3) is 0.400. The van der Waals surface area contributed by atoms with Crippen molar-refractivity contribution in [2.45, 2.75) is 24.2 Å². The summed E-state index contributed by atoms with van der Waals surface area (Å²) in [6, 6.07) is 11.9. The van der Waals surface area contributed by atoms with Crippen LogP contribution in [0.1, 0.15) is 28.9 Å². The summed E-state index contributed by atoms with van der Waals surface area (Å²) < 4.78 is 0. The molecule has 1 fully saturated rings. The molecule has 4 nitrogen and oxygen atoms in total. The van der Waals surface area contributed by atoms with E-state index in [4.69, 9.17) is 0 Å². The van der Waals surface area contributed by atoms with Gasteiger partial charge in [0.2, 0.25) is 5.91 Å². The molecule has 0 radical (unpaired) electrons. The summed E-state index contributed by atoms with van der Waals surface area (Å²) in [5, 5.41) is 1.92. The number of fused-ring (bicyclic) bond motifs is 1. The molecule has 4 rings (SSSR count). The molecule has 26 heavy (non-hydrogen) atoms. The van der Waals surface area contributed by atoms with Gasteiger partial charge in [0.1, 0.15) is 0 Å². The van der Waals surface area contributed by atoms with Crippen molar-refractivity contribution in [2.75, 3.05) is 30.3 Å². The number of carbonyl (C=O) groups is 2. The fourth-order valence-electron chi connectivity index (χ4n) is 3.70. The number of likely N-dealkylation sites (tertiary alicyclic amines) is 1. The zero-order chi connectivity index (χ0) is 17.9. The van der Waals surface area contributed by atoms with Crippen molar-refractivity contribution in [1.82, 2.24) is 4.90 Å². The van der Waals surface area contributed by atoms with Gasteiger partial charge in [-0.05, 0) is 48.6 Å². The molecule has 1 aromatic heterocycles. The lowest BCUT2D eigenvalue weighted by molar-refractivity contribution is -0.123. The Morgan fingerprint density at radius 3 is 2.77 bits per heavy atom. The smallest absolute Gasteiger partial charge is 0.263 e. The number of rotatable bonds is 2. The van der Waals surface area contributed by atoms with Crippen LogP contribution in [-0.2, 0) is 4.79 Å². The Bertz CT molecular complexity index is 791. The molecule has 0 spiro atoms. The van der Waals surface area contributed by atoms with Gasteiger partial charge < -0.3 is 9.80 Å². The lowest BCUT2D eigenvalue weighted by Gasteiger charge is -2.35. The standard InChI is InChI=1S/C20H22N2O2S2/c23-19(22-11-5-13-25-17-8-2-1-7-16(17)22)15-6-3-10-21(14-15)20(24)18-9-4-12-26-18/h1-2,4,7-9,12,15H,3,5-6,10-11,13-14H2/t15-/m0/s1. The molecule has 0 saturated carbocycles. The van der Waals surface area contributed by atoms with Crippen molar-refractivity contribution in [3.63, 3.8) is 0 Å². The third kappa shape index (κ3) is 3.53. The van der Waals surface area contributed by atoms with E-state index in [0.717, 1.165) is 48.7 Å². The minimum Gasteiger partial charge on any atom is -0.337 e. The lowest BCUT2D eigenvalue weighted by atomic mass is 9.96. The summed E-state index contributed by atoms with van der Waals surface area (Å²) in [5.74, 6) is 1.16. The number of amides is 2. The number of carbonyl (C=O) groups excluding carboxylic acids is 2. The van der Waals surface area contributed by atoms with Crippen LogP contribution in [0.3, 0.4) is 0 Å². The summed E-state index contributed by atoms with van der Waals surface area (Å²) in [6.45, 7) is 2.03. The Morgan fingerprint density at radius 1 is 1.04 bits per heavy atom. The lowest BCUT2D eigenvalue weighted by Crippen LogP contribution is -2.47. The Balaban J connectivity index is 1.52. The van der Waals surface area contributed by atoms with Crippen LogP contribution in [0.15, 0.2) is 46.7 Å². The van der Waals surface area contributed by atoms with E-state index in [1.165, 1.54) is 16.2 Å². The maximum Gasteiger partial charge on any atom is 0.263 e. The number of benzene rings is 1. The zero-order valence-corrected chi connectivity index (χ0v) is 16.2. The first kappa shape index (κ1) is 17.6. The van der Waals surface area contributed by atoms with E-state index >= 15 is 0 Å². The third-order valence-electron chi connectivity index (χ3n) is 5.00. The number of hydrogen-bond acceptors (Lipinski definition) is 4. The highest BCUT2D eigenvalue weighted by atomic mass is 32.2. The van der Waals surface area contributed by atoms with Gasteiger partial charge in [0.15, 0.2) is 0 Å². The summed E-state index contributed by atoms with van der Waals surface area (Å²) >= 11 is 3.29. The molecule has 3 heterocycles. The summed E-state index contributed by atoms with van der Waals surface area (Å²) in [4.78, 5) is 31.7. The fourth-order valence-corrected chi connectivity index (χ4v) is 5.38. The van der Waals surface area contributed by atoms with Crippen molar-refractivity contribution in [1.29, 1.82) is 0 Å². The third-order valence-corrected chi connectivity index (χ3v) is 7.00. The zero-order valence-electron chi connectivity index (χ0n) is 14.6. The van der Waals surface area contributed by atoms with Gasteiger partial charge in [-0.3, -0.25) is 9.59 Å². The van der Waals surface area contributed by atoms with Crippen LogP contribution < -0.4 is 4.90 Å². The largest absolute Gasteiger partial charge is 0.337 e. The minimum absolute atomic E-state index is 0.0596. The Hall–Kier alpha value is -1.79. The molecule has 1 atom stereocenters. The second kappa shape index (κ2) is 7.84. The van der Waals surface area contributed by atoms with Crippen LogP contribution in [0.25, 0.3) is 0 Å². The Morgan fingerprint density at radius 2 is 1.92 bits per heavy atom. The van der Waals surface area contributed by atoms with Crippen LogP contribution >= 0.6 is 23.1 Å². The molecule has 0 unspecified atom stereocenters. The number of para-hydroxylation sites is 1. The van der Waals surface area contributed by atoms with E-state index in [2.05, 4.69) is 6.07 Å². The van der Waals surface area contributed by atoms with E-state index in [0.29, 0.717) is 6.54 Å². The van der Waals surface area contributed by atoms with Crippen molar-refractivity contribution < 1.29 is 9.59 Å². The number of nitrogens with zero attached hydrogens (tertiary/aromatic N) is 2. The molecule has 0 N–H and O–H groups in total. The highest BCUT2D eigenvalue weighted by Gasteiger charge is 2.33. The molecular formula is C20H22N2O2S2. The number of piperidine rings is 1. The van der Waals surface area contributed by atoms with Crippen LogP contribution in [-0.4, -0.2) is 42.1 Å². The topological polar surface area (TPSA) is 40.6 Å². The molecule has 0 aliphatic carbocycles. The maximum atomic E-state index is 13.3. The first-order chi connectivity index (χ1) is 12.7. The molecule has 1 aromatic carbocycles. The quantitative estimate of drug-likeness (QED) is 0.779. The van der Waals surface area contributed by atoms with Gasteiger partial charge in [-0.2, -0.15) is 0 Å². The summed E-state index contributed by atoms with van der Waals surface area (Å²) in [7, 11) is 0. The molecule has 0 bridgehead atoms. The van der Waals surface area contributed by atoms with E-state index < -0.39 is 0 Å². The number of thioether (sulfide) groups is 1. The maximum absolute atomic E-state index is 13.3. The van der Waals surface area contributed by atoms with Crippen LogP contribution in [0.5, 0.6) is 0 Å². The second-order valence-electron chi connectivity index (χ2n) is 6.73. The molecule has 2 aromatic rings. The first-order valence-electron chi connectivity index (χ1n) is 9.10. The van der Waals surface area contributed by atoms with Gasteiger partial charge in [0, 0.05) is 24.5 Å². The van der Waals surface area contributed by atoms with Gasteiger partial charge in [0.05, 0.1) is 16.5 Å². The van der Waals surface area contributed by atoms with Gasteiger partial charge >= 0.3 is 0 Å². The number of thiophene rings is 1. The monoisotopic (exact) mass is 386 g/mol. The number of hydrogen-bond donors (Lipinski definition) is 0. The second-order valence-corrected chi connectivity index (χ2v) is 8.81. The average molecular weight is 387 g/mol. The van der Waals surface area contributed by atoms with E-state index in [1.807, 2.05) is 57.3 Å². The predicted molar refractivity (Wildman–Crippen MR) is 107 cm³/mol. The Labute approximate surface area is 162 Å². The highest BCUT2D eigenvalue weighted by Crippen LogP contribution is 2.35. The molecule has 6 heteroatoms. The predicted octanol–water partition coefficient (Wildman–Crippen LogP) is 4.13. The molecule has 1 saturated heterocycles. The minimum atomic E-state index is -0.108. The van der Waals surface area contributed by atoms with Crippen LogP contribution in [0, 0.1) is 5.92 Å². The van der Waals surface area contributed by atoms with Gasteiger partial charge in [-0.15, -0.1) is 23.1 Å². The summed E-state index contributed by atoms with van der Waals surface area (Å²) in [5.41, 5.74) is 1.03. The normalized spacial score (nSPS) is 20.4. The average Bonchev–Trinajstić information content (AvgIpc) is 3.14. The van der Waals surface area contributed by atoms with Crippen molar-refractivity contribution in [3.8, 4) is 0 Å². The molecule has 136 valence electrons. The van der Waals surface area contributed by atoms with Gasteiger partial charge in [-0.1, -0.05) is 18.2 Å². The van der Waals surface area contributed by atoms with Crippen LogP contribution in [0.2, 0.25) is 0 Å². The molecule has 2 aliphatic heterocycles. The van der Waals surface area contributed by atoms with E-state index in [-0.39, 0.29) is 17.7 Å². The van der Waals surface area contributed by atoms with Gasteiger partial charge in [0.25, 0.3) is 5.91 Å².